The number of hydrogen-bond donors (Lipinski definition) is 1. The third kappa shape index (κ3) is 3.17. The van der Waals surface area contributed by atoms with Crippen molar-refractivity contribution in [3.8, 4) is 17.0 Å². The van der Waals surface area contributed by atoms with Crippen LogP contribution < -0.4 is 10.5 Å². The number of benzene rings is 2. The molecule has 4 heteroatoms. The SMILES string of the molecule is Nc1ccc2nc(-c3ccc(OCCCF)cc3)ccc2c1. The van der Waals surface area contributed by atoms with Crippen molar-refractivity contribution < 1.29 is 9.13 Å². The van der Waals surface area contributed by atoms with Crippen LogP contribution in [0, 0.1) is 0 Å². The van der Waals surface area contributed by atoms with Gasteiger partial charge >= 0.3 is 0 Å². The Morgan fingerprint density at radius 2 is 1.82 bits per heavy atom. The van der Waals surface area contributed by atoms with Gasteiger partial charge in [0.2, 0.25) is 0 Å². The molecule has 1 aromatic heterocycles. The number of aromatic nitrogens is 1. The number of anilines is 1. The summed E-state index contributed by atoms with van der Waals surface area (Å²) in [6.07, 6.45) is 0.414. The van der Waals surface area contributed by atoms with Gasteiger partial charge in [-0.3, -0.25) is 4.39 Å². The number of pyridine rings is 1. The Kier molecular flexibility index (Phi) is 4.19. The fraction of sp³-hybridized carbons (Fsp3) is 0.167. The number of nitrogen functional groups attached to an aromatic ring is 1. The molecule has 0 aliphatic rings. The zero-order valence-corrected chi connectivity index (χ0v) is 12.1. The minimum Gasteiger partial charge on any atom is -0.493 e. The molecule has 3 rings (SSSR count). The van der Waals surface area contributed by atoms with E-state index in [9.17, 15) is 4.39 Å². The van der Waals surface area contributed by atoms with Gasteiger partial charge in [0.05, 0.1) is 24.5 Å². The van der Waals surface area contributed by atoms with Gasteiger partial charge in [0.25, 0.3) is 0 Å². The van der Waals surface area contributed by atoms with Gasteiger partial charge in [-0.05, 0) is 48.5 Å². The standard InChI is InChI=1S/C18H17FN2O/c19-10-1-11-22-16-6-2-13(3-7-16)17-8-4-14-12-15(20)5-9-18(14)21-17/h2-9,12H,1,10-11,20H2. The van der Waals surface area contributed by atoms with E-state index in [-0.39, 0.29) is 6.67 Å². The lowest BCUT2D eigenvalue weighted by Gasteiger charge is -2.07. The summed E-state index contributed by atoms with van der Waals surface area (Å²) in [4.78, 5) is 4.65. The monoisotopic (exact) mass is 296 g/mol. The van der Waals surface area contributed by atoms with E-state index in [1.807, 2.05) is 54.6 Å². The van der Waals surface area contributed by atoms with Crippen LogP contribution in [-0.2, 0) is 0 Å². The number of rotatable bonds is 5. The molecule has 0 bridgehead atoms. The highest BCUT2D eigenvalue weighted by Crippen LogP contribution is 2.24. The van der Waals surface area contributed by atoms with Gasteiger partial charge < -0.3 is 10.5 Å². The maximum atomic E-state index is 12.0. The van der Waals surface area contributed by atoms with Gasteiger partial charge in [0, 0.05) is 23.1 Å². The number of ether oxygens (including phenoxy) is 1. The van der Waals surface area contributed by atoms with E-state index in [4.69, 9.17) is 10.5 Å². The van der Waals surface area contributed by atoms with E-state index in [2.05, 4.69) is 4.98 Å². The second-order valence-corrected chi connectivity index (χ2v) is 5.06. The number of alkyl halides is 1. The Bertz CT molecular complexity index is 772. The molecule has 112 valence electrons. The van der Waals surface area contributed by atoms with Gasteiger partial charge in [0.1, 0.15) is 5.75 Å². The third-order valence-electron chi connectivity index (χ3n) is 3.41. The average Bonchev–Trinajstić information content (AvgIpc) is 2.55. The molecular formula is C18H17FN2O. The van der Waals surface area contributed by atoms with E-state index >= 15 is 0 Å². The molecule has 0 aliphatic heterocycles. The molecule has 0 saturated heterocycles. The summed E-state index contributed by atoms with van der Waals surface area (Å²) in [6, 6.07) is 17.3. The van der Waals surface area contributed by atoms with E-state index in [1.54, 1.807) is 0 Å². The zero-order chi connectivity index (χ0) is 15.4. The van der Waals surface area contributed by atoms with E-state index in [1.165, 1.54) is 0 Å². The third-order valence-corrected chi connectivity index (χ3v) is 3.41. The minimum atomic E-state index is -0.358. The van der Waals surface area contributed by atoms with Crippen molar-refractivity contribution in [2.45, 2.75) is 6.42 Å². The predicted octanol–water partition coefficient (Wildman–Crippen LogP) is 4.22. The van der Waals surface area contributed by atoms with Crippen molar-refractivity contribution in [3.05, 3.63) is 54.6 Å². The van der Waals surface area contributed by atoms with Gasteiger partial charge in [-0.25, -0.2) is 4.98 Å². The molecule has 0 amide bonds. The van der Waals surface area contributed by atoms with Crippen LogP contribution in [0.5, 0.6) is 5.75 Å². The smallest absolute Gasteiger partial charge is 0.119 e. The fourth-order valence-corrected chi connectivity index (χ4v) is 2.27. The van der Waals surface area contributed by atoms with Crippen LogP contribution in [-0.4, -0.2) is 18.3 Å². The molecule has 0 unspecified atom stereocenters. The summed E-state index contributed by atoms with van der Waals surface area (Å²) in [5, 5.41) is 1.02. The topological polar surface area (TPSA) is 48.1 Å². The number of nitrogens with two attached hydrogens (primary N) is 1. The predicted molar refractivity (Wildman–Crippen MR) is 87.7 cm³/mol. The minimum absolute atomic E-state index is 0.358. The molecule has 0 radical (unpaired) electrons. The zero-order valence-electron chi connectivity index (χ0n) is 12.1. The molecule has 2 aromatic carbocycles. The van der Waals surface area contributed by atoms with Gasteiger partial charge in [0.15, 0.2) is 0 Å². The molecule has 0 fully saturated rings. The molecule has 0 spiro atoms. The highest BCUT2D eigenvalue weighted by atomic mass is 19.1. The van der Waals surface area contributed by atoms with Gasteiger partial charge in [-0.1, -0.05) is 6.07 Å². The summed E-state index contributed by atoms with van der Waals surface area (Å²) in [7, 11) is 0. The van der Waals surface area contributed by atoms with Crippen LogP contribution >= 0.6 is 0 Å². The molecule has 0 aliphatic carbocycles. The highest BCUT2D eigenvalue weighted by Gasteiger charge is 2.03. The van der Waals surface area contributed by atoms with Crippen LogP contribution in [0.3, 0.4) is 0 Å². The lowest BCUT2D eigenvalue weighted by Crippen LogP contribution is -1.97. The highest BCUT2D eigenvalue weighted by molar-refractivity contribution is 5.84. The molecule has 0 saturated carbocycles. The second kappa shape index (κ2) is 6.43. The van der Waals surface area contributed by atoms with Gasteiger partial charge in [-0.15, -0.1) is 0 Å². The van der Waals surface area contributed by atoms with E-state index in [0.717, 1.165) is 33.6 Å². The lowest BCUT2D eigenvalue weighted by atomic mass is 10.1. The van der Waals surface area contributed by atoms with Crippen molar-refractivity contribution >= 4 is 16.6 Å². The largest absolute Gasteiger partial charge is 0.493 e. The summed E-state index contributed by atoms with van der Waals surface area (Å²) in [5.74, 6) is 0.741. The molecule has 3 aromatic rings. The number of halogens is 1. The Morgan fingerprint density at radius 1 is 1.00 bits per heavy atom. The molecule has 2 N–H and O–H groups in total. The van der Waals surface area contributed by atoms with E-state index < -0.39 is 0 Å². The summed E-state index contributed by atoms with van der Waals surface area (Å²) < 4.78 is 17.5. The normalized spacial score (nSPS) is 10.8. The van der Waals surface area contributed by atoms with Crippen LogP contribution in [0.4, 0.5) is 10.1 Å². The Balaban J connectivity index is 1.82. The number of fused-ring (bicyclic) bond motifs is 1. The first-order chi connectivity index (χ1) is 10.8. The maximum Gasteiger partial charge on any atom is 0.119 e. The number of nitrogens with zero attached hydrogens (tertiary/aromatic N) is 1. The van der Waals surface area contributed by atoms with Crippen molar-refractivity contribution in [2.24, 2.45) is 0 Å². The first-order valence-corrected chi connectivity index (χ1v) is 7.22. The molecular weight excluding hydrogens is 279 g/mol. The first kappa shape index (κ1) is 14.3. The Morgan fingerprint density at radius 3 is 2.59 bits per heavy atom. The summed E-state index contributed by atoms with van der Waals surface area (Å²) in [6.45, 7) is 0.0368. The van der Waals surface area contributed by atoms with Crippen LogP contribution in [0.25, 0.3) is 22.2 Å². The maximum absolute atomic E-state index is 12.0. The van der Waals surface area contributed by atoms with E-state index in [0.29, 0.717) is 13.0 Å². The lowest BCUT2D eigenvalue weighted by molar-refractivity contribution is 0.289. The van der Waals surface area contributed by atoms with Crippen LogP contribution in [0.2, 0.25) is 0 Å². The van der Waals surface area contributed by atoms with Crippen LogP contribution in [0.1, 0.15) is 6.42 Å². The Hall–Kier alpha value is -2.62. The Labute approximate surface area is 128 Å². The fourth-order valence-electron chi connectivity index (χ4n) is 2.27. The second-order valence-electron chi connectivity index (χ2n) is 5.06. The number of hydrogen-bond acceptors (Lipinski definition) is 3. The first-order valence-electron chi connectivity index (χ1n) is 7.22. The molecule has 0 atom stereocenters. The molecule has 3 nitrogen and oxygen atoms in total. The van der Waals surface area contributed by atoms with Crippen LogP contribution in [0.15, 0.2) is 54.6 Å². The van der Waals surface area contributed by atoms with Crippen molar-refractivity contribution in [2.75, 3.05) is 19.0 Å². The van der Waals surface area contributed by atoms with Crippen molar-refractivity contribution in [3.63, 3.8) is 0 Å². The molecule has 22 heavy (non-hydrogen) atoms. The molecule has 1 heterocycles. The summed E-state index contributed by atoms with van der Waals surface area (Å²) in [5.41, 5.74) is 9.33. The van der Waals surface area contributed by atoms with Crippen molar-refractivity contribution in [1.82, 2.24) is 4.98 Å². The average molecular weight is 296 g/mol. The van der Waals surface area contributed by atoms with Crippen molar-refractivity contribution in [1.29, 1.82) is 0 Å². The van der Waals surface area contributed by atoms with Gasteiger partial charge in [-0.2, -0.15) is 0 Å². The quantitative estimate of drug-likeness (QED) is 0.566. The summed E-state index contributed by atoms with van der Waals surface area (Å²) >= 11 is 0.